The first-order valence-corrected chi connectivity index (χ1v) is 13.7. The van der Waals surface area contributed by atoms with Crippen LogP contribution in [-0.2, 0) is 20.9 Å². The Morgan fingerprint density at radius 3 is 2.29 bits per heavy atom. The molecule has 0 unspecified atom stereocenters. The Kier molecular flexibility index (Phi) is 8.95. The van der Waals surface area contributed by atoms with E-state index < -0.39 is 5.97 Å². The minimum atomic E-state index is -0.475. The van der Waals surface area contributed by atoms with Crippen molar-refractivity contribution in [1.29, 1.82) is 0 Å². The molecule has 0 atom stereocenters. The van der Waals surface area contributed by atoms with Gasteiger partial charge in [0.05, 0.1) is 26.0 Å². The van der Waals surface area contributed by atoms with Crippen molar-refractivity contribution in [3.63, 3.8) is 0 Å². The average Bonchev–Trinajstić information content (AvgIpc) is 3.47. The van der Waals surface area contributed by atoms with Crippen LogP contribution in [0.25, 0.3) is 16.9 Å². The largest absolute Gasteiger partial charge is 0.494 e. The summed E-state index contributed by atoms with van der Waals surface area (Å²) in [7, 11) is 1.61. The summed E-state index contributed by atoms with van der Waals surface area (Å²) in [6.45, 7) is 5.28. The zero-order chi connectivity index (χ0) is 28.6. The van der Waals surface area contributed by atoms with Gasteiger partial charge in [-0.15, -0.1) is 0 Å². The SMILES string of the molecule is CCOC(=O)c1cc(-c2ccc(N3CCN(C(=O)COCc4ccccc4)CC3)cc2)n(-c2ccccc2OC)n1. The third-order valence-corrected chi connectivity index (χ3v) is 7.00. The molecule has 5 rings (SSSR count). The molecule has 9 heteroatoms. The first-order chi connectivity index (χ1) is 20.1. The number of aromatic nitrogens is 2. The molecule has 2 heterocycles. The number of piperazine rings is 1. The lowest BCUT2D eigenvalue weighted by Gasteiger charge is -2.36. The van der Waals surface area contributed by atoms with E-state index in [1.165, 1.54) is 0 Å². The molecule has 1 saturated heterocycles. The van der Waals surface area contributed by atoms with Gasteiger partial charge in [-0.3, -0.25) is 4.79 Å². The van der Waals surface area contributed by atoms with Crippen molar-refractivity contribution in [1.82, 2.24) is 14.7 Å². The molecule has 1 aromatic heterocycles. The Morgan fingerprint density at radius 2 is 1.59 bits per heavy atom. The van der Waals surface area contributed by atoms with Crippen molar-refractivity contribution in [3.8, 4) is 22.7 Å². The number of methoxy groups -OCH3 is 1. The number of carbonyl (C=O) groups is 2. The molecule has 0 radical (unpaired) electrons. The Hall–Kier alpha value is -4.63. The third-order valence-electron chi connectivity index (χ3n) is 7.00. The Bertz CT molecular complexity index is 1460. The zero-order valence-electron chi connectivity index (χ0n) is 23.4. The van der Waals surface area contributed by atoms with Gasteiger partial charge in [0, 0.05) is 37.4 Å². The number of amides is 1. The fourth-order valence-electron chi connectivity index (χ4n) is 4.86. The maximum Gasteiger partial charge on any atom is 0.358 e. The second kappa shape index (κ2) is 13.1. The van der Waals surface area contributed by atoms with Crippen LogP contribution in [0, 0.1) is 0 Å². The topological polar surface area (TPSA) is 86.1 Å². The van der Waals surface area contributed by atoms with Crippen LogP contribution in [-0.4, -0.2) is 73.1 Å². The van der Waals surface area contributed by atoms with Crippen LogP contribution in [0.3, 0.4) is 0 Å². The van der Waals surface area contributed by atoms with Crippen LogP contribution in [0.1, 0.15) is 23.0 Å². The number of para-hydroxylation sites is 2. The molecule has 0 spiro atoms. The number of anilines is 1. The van der Waals surface area contributed by atoms with Crippen LogP contribution in [0.5, 0.6) is 5.75 Å². The molecule has 212 valence electrons. The van der Waals surface area contributed by atoms with Gasteiger partial charge < -0.3 is 24.0 Å². The smallest absolute Gasteiger partial charge is 0.358 e. The fraction of sp³-hybridized carbons (Fsp3) is 0.281. The molecule has 0 aliphatic carbocycles. The van der Waals surface area contributed by atoms with Crippen LogP contribution in [0.2, 0.25) is 0 Å². The minimum Gasteiger partial charge on any atom is -0.494 e. The number of benzene rings is 3. The van der Waals surface area contributed by atoms with Gasteiger partial charge in [-0.2, -0.15) is 5.10 Å². The summed E-state index contributed by atoms with van der Waals surface area (Å²) in [4.78, 5) is 29.3. The molecule has 41 heavy (non-hydrogen) atoms. The quantitative estimate of drug-likeness (QED) is 0.265. The first kappa shape index (κ1) is 27.9. The summed E-state index contributed by atoms with van der Waals surface area (Å²) >= 11 is 0. The lowest BCUT2D eigenvalue weighted by Crippen LogP contribution is -2.49. The van der Waals surface area contributed by atoms with Crippen molar-refractivity contribution in [2.45, 2.75) is 13.5 Å². The summed E-state index contributed by atoms with van der Waals surface area (Å²) in [5, 5.41) is 4.56. The maximum absolute atomic E-state index is 12.7. The van der Waals surface area contributed by atoms with Gasteiger partial charge in [0.15, 0.2) is 5.69 Å². The van der Waals surface area contributed by atoms with Crippen molar-refractivity contribution in [2.24, 2.45) is 0 Å². The molecule has 1 aliphatic heterocycles. The molecular formula is C32H34N4O5. The van der Waals surface area contributed by atoms with E-state index in [0.29, 0.717) is 25.4 Å². The number of ether oxygens (including phenoxy) is 3. The number of esters is 1. The van der Waals surface area contributed by atoms with Crippen LogP contribution in [0.15, 0.2) is 84.9 Å². The standard InChI is InChI=1S/C32H34N4O5/c1-3-41-32(38)27-21-29(36(33-27)28-11-7-8-12-30(28)39-2)25-13-15-26(16-14-25)34-17-19-35(20-18-34)31(37)23-40-22-24-9-5-4-6-10-24/h4-16,21H,3,17-20,22-23H2,1-2H3. The van der Waals surface area contributed by atoms with Crippen LogP contribution in [0.4, 0.5) is 5.69 Å². The van der Waals surface area contributed by atoms with Crippen LogP contribution >= 0.6 is 0 Å². The number of carbonyl (C=O) groups excluding carboxylic acids is 2. The molecule has 4 aromatic rings. The van der Waals surface area contributed by atoms with E-state index in [-0.39, 0.29) is 24.8 Å². The Morgan fingerprint density at radius 1 is 0.878 bits per heavy atom. The van der Waals surface area contributed by atoms with Gasteiger partial charge in [0.1, 0.15) is 18.0 Å². The average molecular weight is 555 g/mol. The lowest BCUT2D eigenvalue weighted by atomic mass is 10.1. The molecule has 0 bridgehead atoms. The summed E-state index contributed by atoms with van der Waals surface area (Å²) in [5.74, 6) is 0.177. The molecule has 0 N–H and O–H groups in total. The highest BCUT2D eigenvalue weighted by molar-refractivity contribution is 5.89. The van der Waals surface area contributed by atoms with Gasteiger partial charge >= 0.3 is 5.97 Å². The highest BCUT2D eigenvalue weighted by atomic mass is 16.5. The molecule has 1 fully saturated rings. The van der Waals surface area contributed by atoms with E-state index in [2.05, 4.69) is 22.1 Å². The van der Waals surface area contributed by atoms with Crippen molar-refractivity contribution in [2.75, 3.05) is 51.4 Å². The number of hydrogen-bond donors (Lipinski definition) is 0. The fourth-order valence-corrected chi connectivity index (χ4v) is 4.86. The van der Waals surface area contributed by atoms with E-state index in [1.54, 1.807) is 24.8 Å². The van der Waals surface area contributed by atoms with E-state index in [1.807, 2.05) is 71.6 Å². The predicted molar refractivity (Wildman–Crippen MR) is 156 cm³/mol. The minimum absolute atomic E-state index is 0.0120. The Labute approximate surface area is 239 Å². The summed E-state index contributed by atoms with van der Waals surface area (Å²) in [6, 6.07) is 27.3. The number of nitrogens with zero attached hydrogens (tertiary/aromatic N) is 4. The third kappa shape index (κ3) is 6.58. The summed E-state index contributed by atoms with van der Waals surface area (Å²) < 4.78 is 18.1. The number of rotatable bonds is 10. The van der Waals surface area contributed by atoms with E-state index >= 15 is 0 Å². The monoisotopic (exact) mass is 554 g/mol. The van der Waals surface area contributed by atoms with Crippen LogP contribution < -0.4 is 9.64 Å². The second-order valence-electron chi connectivity index (χ2n) is 9.61. The molecule has 1 aliphatic rings. The molecule has 9 nitrogen and oxygen atoms in total. The van der Waals surface area contributed by atoms with Gasteiger partial charge in [0.25, 0.3) is 0 Å². The highest BCUT2D eigenvalue weighted by Crippen LogP contribution is 2.31. The van der Waals surface area contributed by atoms with Crippen molar-refractivity contribution >= 4 is 17.6 Å². The molecular weight excluding hydrogens is 520 g/mol. The zero-order valence-corrected chi connectivity index (χ0v) is 23.4. The number of hydrogen-bond acceptors (Lipinski definition) is 7. The van der Waals surface area contributed by atoms with Gasteiger partial charge in [-0.05, 0) is 42.8 Å². The summed E-state index contributed by atoms with van der Waals surface area (Å²) in [6.07, 6.45) is 0. The van der Waals surface area contributed by atoms with E-state index in [9.17, 15) is 9.59 Å². The summed E-state index contributed by atoms with van der Waals surface area (Å²) in [5.41, 5.74) is 4.71. The van der Waals surface area contributed by atoms with E-state index in [4.69, 9.17) is 14.2 Å². The molecule has 3 aromatic carbocycles. The Balaban J connectivity index is 1.25. The van der Waals surface area contributed by atoms with Gasteiger partial charge in [-0.1, -0.05) is 54.6 Å². The molecule has 0 saturated carbocycles. The first-order valence-electron chi connectivity index (χ1n) is 13.7. The lowest BCUT2D eigenvalue weighted by molar-refractivity contribution is -0.136. The van der Waals surface area contributed by atoms with Gasteiger partial charge in [-0.25, -0.2) is 9.48 Å². The van der Waals surface area contributed by atoms with Crippen molar-refractivity contribution < 1.29 is 23.8 Å². The van der Waals surface area contributed by atoms with E-state index in [0.717, 1.165) is 41.3 Å². The predicted octanol–water partition coefficient (Wildman–Crippen LogP) is 4.59. The highest BCUT2D eigenvalue weighted by Gasteiger charge is 2.23. The van der Waals surface area contributed by atoms with Gasteiger partial charge in [0.2, 0.25) is 5.91 Å². The second-order valence-corrected chi connectivity index (χ2v) is 9.61. The maximum atomic E-state index is 12.7. The molecule has 1 amide bonds. The normalized spacial score (nSPS) is 13.2. The van der Waals surface area contributed by atoms with Crippen molar-refractivity contribution in [3.05, 3.63) is 96.2 Å².